The highest BCUT2D eigenvalue weighted by atomic mass is 14.4. The molecule has 0 spiro atoms. The Balaban J connectivity index is 5.25. The number of rotatable bonds is 24. The molecular weight excluding hydrogens is 360 g/mol. The highest BCUT2D eigenvalue weighted by Crippen LogP contribution is 2.48. The first-order chi connectivity index (χ1) is 14.7. The first kappa shape index (κ1) is 30.0. The van der Waals surface area contributed by atoms with Crippen molar-refractivity contribution in [3.8, 4) is 0 Å². The van der Waals surface area contributed by atoms with E-state index in [1.165, 1.54) is 148 Å². The molecule has 0 aliphatic heterocycles. The molecule has 0 radical (unpaired) electrons. The van der Waals surface area contributed by atoms with E-state index in [4.69, 9.17) is 0 Å². The second-order valence-electron chi connectivity index (χ2n) is 10.5. The van der Waals surface area contributed by atoms with E-state index in [1.54, 1.807) is 0 Å². The Hall–Kier alpha value is 0. The van der Waals surface area contributed by atoms with Gasteiger partial charge in [-0.15, -0.1) is 0 Å². The minimum absolute atomic E-state index is 0.663. The maximum absolute atomic E-state index is 2.38. The molecule has 0 aliphatic carbocycles. The third kappa shape index (κ3) is 14.9. The molecule has 0 aliphatic rings. The van der Waals surface area contributed by atoms with E-state index in [9.17, 15) is 0 Å². The second kappa shape index (κ2) is 22.2. The SMILES string of the molecule is CCCCCCCCC(CCCCC)C(CCCCC)(CCCCC)CCCCC. The van der Waals surface area contributed by atoms with Crippen LogP contribution in [0.3, 0.4) is 0 Å². The molecule has 0 N–H and O–H groups in total. The van der Waals surface area contributed by atoms with Crippen LogP contribution in [0.2, 0.25) is 0 Å². The van der Waals surface area contributed by atoms with Gasteiger partial charge in [-0.2, -0.15) is 0 Å². The Morgan fingerprint density at radius 1 is 0.367 bits per heavy atom. The molecule has 0 aromatic rings. The highest BCUT2D eigenvalue weighted by Gasteiger charge is 2.36. The van der Waals surface area contributed by atoms with E-state index < -0.39 is 0 Å². The molecule has 0 saturated carbocycles. The molecule has 182 valence electrons. The monoisotopic (exact) mass is 422 g/mol. The van der Waals surface area contributed by atoms with Gasteiger partial charge < -0.3 is 0 Å². The van der Waals surface area contributed by atoms with E-state index in [1.807, 2.05) is 0 Å². The first-order valence-electron chi connectivity index (χ1n) is 14.7. The van der Waals surface area contributed by atoms with Crippen molar-refractivity contribution in [1.82, 2.24) is 0 Å². The summed E-state index contributed by atoms with van der Waals surface area (Å²) < 4.78 is 0. The molecule has 1 unspecified atom stereocenters. The molecule has 0 heterocycles. The van der Waals surface area contributed by atoms with E-state index in [2.05, 4.69) is 34.6 Å². The van der Waals surface area contributed by atoms with Crippen molar-refractivity contribution in [3.05, 3.63) is 0 Å². The zero-order valence-electron chi connectivity index (χ0n) is 22.3. The van der Waals surface area contributed by atoms with Gasteiger partial charge in [-0.3, -0.25) is 0 Å². The van der Waals surface area contributed by atoms with Crippen LogP contribution in [0.15, 0.2) is 0 Å². The molecule has 0 fully saturated rings. The lowest BCUT2D eigenvalue weighted by molar-refractivity contribution is 0.0820. The smallest absolute Gasteiger partial charge is 0.0269 e. The fourth-order valence-corrected chi connectivity index (χ4v) is 5.74. The zero-order chi connectivity index (χ0) is 22.3. The molecule has 30 heavy (non-hydrogen) atoms. The van der Waals surface area contributed by atoms with E-state index >= 15 is 0 Å². The van der Waals surface area contributed by atoms with Gasteiger partial charge in [0.1, 0.15) is 0 Å². The third-order valence-electron chi connectivity index (χ3n) is 7.76. The molecule has 0 aromatic carbocycles. The lowest BCUT2D eigenvalue weighted by Gasteiger charge is -2.43. The summed E-state index contributed by atoms with van der Waals surface area (Å²) in [6, 6.07) is 0. The average Bonchev–Trinajstić information content (AvgIpc) is 2.75. The summed E-state index contributed by atoms with van der Waals surface area (Å²) in [5.74, 6) is 1.00. The summed E-state index contributed by atoms with van der Waals surface area (Å²) in [7, 11) is 0. The Bertz CT molecular complexity index is 291. The molecule has 1 atom stereocenters. The van der Waals surface area contributed by atoms with Crippen LogP contribution in [0, 0.1) is 11.3 Å². The van der Waals surface area contributed by atoms with Crippen molar-refractivity contribution in [2.45, 2.75) is 182 Å². The quantitative estimate of drug-likeness (QED) is 0.136. The molecular formula is C30H62. The lowest BCUT2D eigenvalue weighted by atomic mass is 9.62. The van der Waals surface area contributed by atoms with Gasteiger partial charge in [0.2, 0.25) is 0 Å². The first-order valence-corrected chi connectivity index (χ1v) is 14.7. The molecule has 0 saturated heterocycles. The van der Waals surface area contributed by atoms with Crippen LogP contribution in [-0.2, 0) is 0 Å². The Morgan fingerprint density at radius 3 is 1.10 bits per heavy atom. The molecule has 0 bridgehead atoms. The van der Waals surface area contributed by atoms with Crippen molar-refractivity contribution in [1.29, 1.82) is 0 Å². The van der Waals surface area contributed by atoms with Crippen LogP contribution in [0.5, 0.6) is 0 Å². The van der Waals surface area contributed by atoms with Crippen molar-refractivity contribution in [2.75, 3.05) is 0 Å². The van der Waals surface area contributed by atoms with Crippen molar-refractivity contribution < 1.29 is 0 Å². The van der Waals surface area contributed by atoms with Gasteiger partial charge >= 0.3 is 0 Å². The minimum Gasteiger partial charge on any atom is -0.0654 e. The maximum atomic E-state index is 2.38. The second-order valence-corrected chi connectivity index (χ2v) is 10.5. The van der Waals surface area contributed by atoms with Crippen LogP contribution >= 0.6 is 0 Å². The summed E-state index contributed by atoms with van der Waals surface area (Å²) in [5, 5.41) is 0. The summed E-state index contributed by atoms with van der Waals surface area (Å²) in [6.45, 7) is 11.8. The van der Waals surface area contributed by atoms with E-state index in [-0.39, 0.29) is 0 Å². The zero-order valence-corrected chi connectivity index (χ0v) is 22.3. The number of hydrogen-bond donors (Lipinski definition) is 0. The summed E-state index contributed by atoms with van der Waals surface area (Å²) in [6.07, 6.45) is 33.6. The highest BCUT2D eigenvalue weighted by molar-refractivity contribution is 4.87. The van der Waals surface area contributed by atoms with Crippen LogP contribution in [0.1, 0.15) is 182 Å². The molecule has 0 amide bonds. The van der Waals surface area contributed by atoms with E-state index in [0.717, 1.165) is 5.92 Å². The van der Waals surface area contributed by atoms with Crippen molar-refractivity contribution in [2.24, 2.45) is 11.3 Å². The summed E-state index contributed by atoms with van der Waals surface area (Å²) in [5.41, 5.74) is 0.663. The van der Waals surface area contributed by atoms with Crippen LogP contribution in [0.4, 0.5) is 0 Å². The Morgan fingerprint density at radius 2 is 0.667 bits per heavy atom. The van der Waals surface area contributed by atoms with Crippen LogP contribution in [-0.4, -0.2) is 0 Å². The van der Waals surface area contributed by atoms with Gasteiger partial charge in [0.15, 0.2) is 0 Å². The predicted octanol–water partition coefficient (Wildman–Crippen LogP) is 11.7. The minimum atomic E-state index is 0.663. The Labute approximate surface area is 193 Å². The topological polar surface area (TPSA) is 0 Å². The third-order valence-corrected chi connectivity index (χ3v) is 7.76. The van der Waals surface area contributed by atoms with Crippen molar-refractivity contribution >= 4 is 0 Å². The fourth-order valence-electron chi connectivity index (χ4n) is 5.74. The van der Waals surface area contributed by atoms with Gasteiger partial charge in [0.05, 0.1) is 0 Å². The maximum Gasteiger partial charge on any atom is -0.0269 e. The standard InChI is InChI=1S/C30H62/c1-6-11-16-17-18-20-25-29(24-19-12-7-2)30(26-21-13-8-3,27-22-14-9-4)28-23-15-10-5/h29H,6-28H2,1-5H3. The average molecular weight is 423 g/mol. The molecule has 0 rings (SSSR count). The fraction of sp³-hybridized carbons (Fsp3) is 1.00. The summed E-state index contributed by atoms with van der Waals surface area (Å²) >= 11 is 0. The van der Waals surface area contributed by atoms with Gasteiger partial charge in [0, 0.05) is 0 Å². The van der Waals surface area contributed by atoms with Gasteiger partial charge in [-0.1, -0.05) is 150 Å². The molecule has 0 aromatic heterocycles. The van der Waals surface area contributed by atoms with Crippen LogP contribution < -0.4 is 0 Å². The van der Waals surface area contributed by atoms with Gasteiger partial charge in [0.25, 0.3) is 0 Å². The van der Waals surface area contributed by atoms with Gasteiger partial charge in [-0.25, -0.2) is 0 Å². The predicted molar refractivity (Wildman–Crippen MR) is 140 cm³/mol. The van der Waals surface area contributed by atoms with Gasteiger partial charge in [-0.05, 0) is 43.4 Å². The lowest BCUT2D eigenvalue weighted by Crippen LogP contribution is -2.31. The van der Waals surface area contributed by atoms with Crippen molar-refractivity contribution in [3.63, 3.8) is 0 Å². The summed E-state index contributed by atoms with van der Waals surface area (Å²) in [4.78, 5) is 0. The van der Waals surface area contributed by atoms with Crippen LogP contribution in [0.25, 0.3) is 0 Å². The molecule has 0 heteroatoms. The Kier molecular flexibility index (Phi) is 22.2. The normalized spacial score (nSPS) is 13.1. The van der Waals surface area contributed by atoms with E-state index in [0.29, 0.717) is 5.41 Å². The largest absolute Gasteiger partial charge is 0.0654 e. The molecule has 0 nitrogen and oxygen atoms in total. The number of unbranched alkanes of at least 4 members (excludes halogenated alkanes) is 13. The number of hydrogen-bond acceptors (Lipinski definition) is 0.